The number of nitrogens with zero attached hydrogens (tertiary/aromatic N) is 4. The molecule has 0 aliphatic heterocycles. The van der Waals surface area contributed by atoms with Gasteiger partial charge in [-0.15, -0.1) is 0 Å². The summed E-state index contributed by atoms with van der Waals surface area (Å²) in [5, 5.41) is 0.639. The van der Waals surface area contributed by atoms with E-state index < -0.39 is 22.2 Å². The fourth-order valence-corrected chi connectivity index (χ4v) is 11.5. The summed E-state index contributed by atoms with van der Waals surface area (Å²) in [6.45, 7) is 12.0. The Labute approximate surface area is 520 Å². The summed E-state index contributed by atoms with van der Waals surface area (Å²) in [5.74, 6) is 3.38. The Balaban J connectivity index is 0.834. The van der Waals surface area contributed by atoms with E-state index in [1.54, 1.807) is 0 Å². The minimum atomic E-state index is -0.450. The van der Waals surface area contributed by atoms with Crippen LogP contribution in [0, 0.1) is 0 Å². The number of aryl methyl sites for hydroxylation is 2. The number of fused-ring (bicyclic) bond motifs is 2. The molecule has 0 aliphatic carbocycles. The molecule has 0 saturated heterocycles. The molecule has 2 heterocycles. The van der Waals surface area contributed by atoms with Gasteiger partial charge in [-0.1, -0.05) is 129 Å². The van der Waals surface area contributed by atoms with Crippen LogP contribution in [-0.2, 0) is 25.9 Å². The SMILES string of the molecule is CCCCCCOc1ccc(N(c2ccc(CCCn3c(=O)c4cc5c(=O)n(CCCc6ccc(N(c7ccc(OCCCCCC)cc7)c7ccc(OCCCCCC)cc7)cc6)c(=O)c5cc4c3=O)cc2)c2ccc(OCCCCCC)cc2)cc1. The maximum absolute atomic E-state index is 13.9. The summed E-state index contributed by atoms with van der Waals surface area (Å²) in [4.78, 5) is 60.0. The molecule has 0 radical (unpaired) electrons. The van der Waals surface area contributed by atoms with Crippen molar-refractivity contribution in [2.24, 2.45) is 0 Å². The van der Waals surface area contributed by atoms with Gasteiger partial charge in [0.05, 0.1) is 48.0 Å². The summed E-state index contributed by atoms with van der Waals surface area (Å²) < 4.78 is 26.8. The van der Waals surface area contributed by atoms with E-state index in [0.29, 0.717) is 52.1 Å². The first-order valence-electron chi connectivity index (χ1n) is 32.8. The van der Waals surface area contributed by atoms with E-state index in [0.717, 1.165) is 120 Å². The standard InChI is InChI=1S/C76H90N4O8/c1-5-9-13-17-51-85-65-41-33-61(34-42-65)79(62-35-43-66(44-36-62)86-52-18-14-10-6-2)59-29-25-57(26-30-59)23-21-49-77-73(81)69-55-71-72(56-70(69)74(77)82)76(84)78(75(71)83)50-22-24-58-27-31-60(32-28-58)80(63-37-45-67(46-38-63)87-53-19-15-11-7-3)64-39-47-68(48-40-64)88-54-20-16-12-8-4/h25-48,55-56H,5-24,49-54H2,1-4H3. The van der Waals surface area contributed by atoms with E-state index >= 15 is 0 Å². The van der Waals surface area contributed by atoms with Crippen LogP contribution in [0.3, 0.4) is 0 Å². The molecule has 2 aromatic heterocycles. The van der Waals surface area contributed by atoms with E-state index in [1.165, 1.54) is 72.6 Å². The second kappa shape index (κ2) is 33.1. The molecule has 0 unspecified atom stereocenters. The van der Waals surface area contributed by atoms with E-state index in [-0.39, 0.29) is 34.6 Å². The second-order valence-electron chi connectivity index (χ2n) is 23.3. The van der Waals surface area contributed by atoms with Crippen LogP contribution in [-0.4, -0.2) is 35.6 Å². The molecule has 0 spiro atoms. The van der Waals surface area contributed by atoms with Crippen molar-refractivity contribution in [3.05, 3.63) is 210 Å². The highest BCUT2D eigenvalue weighted by molar-refractivity contribution is 5.98. The largest absolute Gasteiger partial charge is 0.494 e. The molecule has 0 N–H and O–H groups in total. The zero-order valence-corrected chi connectivity index (χ0v) is 52.5. The van der Waals surface area contributed by atoms with Gasteiger partial charge < -0.3 is 28.7 Å². The molecule has 0 atom stereocenters. The topological polar surface area (TPSA) is 122 Å². The smallest absolute Gasteiger partial charge is 0.261 e. The van der Waals surface area contributed by atoms with Gasteiger partial charge in [0.2, 0.25) is 0 Å². The number of ether oxygens (including phenoxy) is 4. The van der Waals surface area contributed by atoms with Crippen molar-refractivity contribution in [1.29, 1.82) is 0 Å². The third-order valence-corrected chi connectivity index (χ3v) is 16.6. The van der Waals surface area contributed by atoms with E-state index in [1.807, 2.05) is 48.5 Å². The average molecular weight is 1190 g/mol. The fraction of sp³-hybridized carbons (Fsp3) is 0.395. The molecule has 0 amide bonds. The van der Waals surface area contributed by atoms with Gasteiger partial charge >= 0.3 is 0 Å². The minimum absolute atomic E-state index is 0.160. The predicted molar refractivity (Wildman–Crippen MR) is 362 cm³/mol. The minimum Gasteiger partial charge on any atom is -0.494 e. The molecular weight excluding hydrogens is 1100 g/mol. The summed E-state index contributed by atoms with van der Waals surface area (Å²) in [6, 6.07) is 52.6. The van der Waals surface area contributed by atoms with Crippen molar-refractivity contribution in [1.82, 2.24) is 9.13 Å². The maximum atomic E-state index is 13.9. The Kier molecular flexibility index (Phi) is 24.1. The molecule has 0 bridgehead atoms. The molecule has 9 aromatic rings. The van der Waals surface area contributed by atoms with E-state index in [4.69, 9.17) is 18.9 Å². The van der Waals surface area contributed by atoms with E-state index in [9.17, 15) is 19.2 Å². The lowest BCUT2D eigenvalue weighted by atomic mass is 10.1. The summed E-state index contributed by atoms with van der Waals surface area (Å²) >= 11 is 0. The fourth-order valence-electron chi connectivity index (χ4n) is 11.5. The quantitative estimate of drug-likeness (QED) is 0.0346. The Hall–Kier alpha value is -8.38. The van der Waals surface area contributed by atoms with E-state index in [2.05, 4.69) is 135 Å². The number of hydrogen-bond acceptors (Lipinski definition) is 10. The van der Waals surface area contributed by atoms with Crippen molar-refractivity contribution in [2.75, 3.05) is 36.2 Å². The number of anilines is 6. The van der Waals surface area contributed by atoms with Gasteiger partial charge in [-0.25, -0.2) is 0 Å². The highest BCUT2D eigenvalue weighted by Crippen LogP contribution is 2.38. The lowest BCUT2D eigenvalue weighted by molar-refractivity contribution is 0.305. The first kappa shape index (κ1) is 64.1. The Morgan fingerprint density at radius 3 is 0.739 bits per heavy atom. The number of hydrogen-bond donors (Lipinski definition) is 0. The van der Waals surface area contributed by atoms with Crippen molar-refractivity contribution in [3.8, 4) is 23.0 Å². The third kappa shape index (κ3) is 17.0. The van der Waals surface area contributed by atoms with Crippen LogP contribution in [0.1, 0.15) is 154 Å². The number of benzene rings is 7. The number of rotatable bonds is 38. The zero-order chi connectivity index (χ0) is 61.5. The number of aromatic nitrogens is 2. The molecule has 12 nitrogen and oxygen atoms in total. The van der Waals surface area contributed by atoms with Crippen molar-refractivity contribution in [3.63, 3.8) is 0 Å². The molecule has 462 valence electrons. The van der Waals surface area contributed by atoms with Crippen LogP contribution in [0.4, 0.5) is 34.1 Å². The first-order chi connectivity index (χ1) is 43.2. The van der Waals surface area contributed by atoms with Gasteiger partial charge in [-0.05, 0) is 196 Å². The number of unbranched alkanes of at least 4 members (excludes halogenated alkanes) is 12. The zero-order valence-electron chi connectivity index (χ0n) is 52.5. The van der Waals surface area contributed by atoms with Gasteiger partial charge in [0.15, 0.2) is 0 Å². The summed E-state index contributed by atoms with van der Waals surface area (Å²) in [6.07, 6.45) is 20.7. The lowest BCUT2D eigenvalue weighted by Gasteiger charge is -2.26. The Morgan fingerprint density at radius 1 is 0.284 bits per heavy atom. The van der Waals surface area contributed by atoms with Crippen LogP contribution in [0.25, 0.3) is 21.5 Å². The summed E-state index contributed by atoms with van der Waals surface area (Å²) in [5.41, 5.74) is 6.22. The lowest BCUT2D eigenvalue weighted by Crippen LogP contribution is -2.26. The van der Waals surface area contributed by atoms with Crippen LogP contribution < -0.4 is 51.0 Å². The summed E-state index contributed by atoms with van der Waals surface area (Å²) in [7, 11) is 0. The molecule has 0 fully saturated rings. The molecule has 12 heteroatoms. The molecule has 88 heavy (non-hydrogen) atoms. The van der Waals surface area contributed by atoms with Crippen LogP contribution in [0.2, 0.25) is 0 Å². The van der Waals surface area contributed by atoms with Gasteiger partial charge in [0.1, 0.15) is 23.0 Å². The van der Waals surface area contributed by atoms with Gasteiger partial charge in [-0.2, -0.15) is 0 Å². The first-order valence-corrected chi connectivity index (χ1v) is 32.8. The van der Waals surface area contributed by atoms with Gasteiger partial charge in [0.25, 0.3) is 22.2 Å². The third-order valence-electron chi connectivity index (χ3n) is 16.6. The van der Waals surface area contributed by atoms with Crippen molar-refractivity contribution < 1.29 is 18.9 Å². The molecule has 9 rings (SSSR count). The monoisotopic (exact) mass is 1190 g/mol. The highest BCUT2D eigenvalue weighted by Gasteiger charge is 2.21. The second-order valence-corrected chi connectivity index (χ2v) is 23.3. The van der Waals surface area contributed by atoms with Crippen LogP contribution in [0.15, 0.2) is 177 Å². The molecule has 0 saturated carbocycles. The highest BCUT2D eigenvalue weighted by atomic mass is 16.5. The van der Waals surface area contributed by atoms with Gasteiger partial charge in [0, 0.05) is 47.2 Å². The van der Waals surface area contributed by atoms with Crippen molar-refractivity contribution in [2.45, 2.75) is 169 Å². The van der Waals surface area contributed by atoms with Crippen LogP contribution in [0.5, 0.6) is 23.0 Å². The van der Waals surface area contributed by atoms with Gasteiger partial charge in [-0.3, -0.25) is 28.3 Å². The van der Waals surface area contributed by atoms with Crippen molar-refractivity contribution >= 4 is 55.7 Å². The average Bonchev–Trinajstić information content (AvgIpc) is 1.93. The molecule has 0 aliphatic rings. The Morgan fingerprint density at radius 2 is 0.511 bits per heavy atom. The molecule has 7 aromatic carbocycles. The predicted octanol–water partition coefficient (Wildman–Crippen LogP) is 18.0. The molecular formula is C76H90N4O8. The van der Waals surface area contributed by atoms with Crippen LogP contribution >= 0.6 is 0 Å². The Bertz CT molecular complexity index is 3330. The normalized spacial score (nSPS) is 11.4. The maximum Gasteiger partial charge on any atom is 0.261 e.